The van der Waals surface area contributed by atoms with Crippen molar-refractivity contribution < 1.29 is 24.4 Å². The zero-order chi connectivity index (χ0) is 17.0. The van der Waals surface area contributed by atoms with Crippen molar-refractivity contribution in [1.29, 1.82) is 0 Å². The van der Waals surface area contributed by atoms with Crippen LogP contribution in [0.25, 0.3) is 0 Å². The van der Waals surface area contributed by atoms with E-state index in [4.69, 9.17) is 4.74 Å². The van der Waals surface area contributed by atoms with E-state index in [1.165, 1.54) is 25.3 Å². The summed E-state index contributed by atoms with van der Waals surface area (Å²) in [5.74, 6) is -2.52. The molecule has 0 spiro atoms. The molecule has 0 aromatic heterocycles. The standard InChI is InChI=1S/C15H18N2O6/c1-23-13-8-9(17(21)22)6-7-12(13)16-14(18)10-4-2-3-5-11(10)15(19)20/h6-8,10-11H,2-5H2,1H3,(H,16,18)(H,19,20). The summed E-state index contributed by atoms with van der Waals surface area (Å²) in [6, 6.07) is 3.85. The van der Waals surface area contributed by atoms with Crippen molar-refractivity contribution in [3.63, 3.8) is 0 Å². The van der Waals surface area contributed by atoms with Gasteiger partial charge in [0.15, 0.2) is 0 Å². The van der Waals surface area contributed by atoms with Crippen molar-refractivity contribution in [3.8, 4) is 5.75 Å². The van der Waals surface area contributed by atoms with E-state index in [-0.39, 0.29) is 17.1 Å². The number of aliphatic carboxylic acids is 1. The maximum absolute atomic E-state index is 12.4. The molecule has 1 aliphatic rings. The molecule has 2 N–H and O–H groups in total. The van der Waals surface area contributed by atoms with Gasteiger partial charge in [-0.3, -0.25) is 19.7 Å². The fourth-order valence-electron chi connectivity index (χ4n) is 2.86. The maximum Gasteiger partial charge on any atom is 0.307 e. The lowest BCUT2D eigenvalue weighted by Crippen LogP contribution is -2.36. The van der Waals surface area contributed by atoms with Gasteiger partial charge in [-0.2, -0.15) is 0 Å². The number of non-ortho nitro benzene ring substituents is 1. The lowest BCUT2D eigenvalue weighted by Gasteiger charge is -2.27. The van der Waals surface area contributed by atoms with Crippen LogP contribution in [0.3, 0.4) is 0 Å². The van der Waals surface area contributed by atoms with Crippen LogP contribution < -0.4 is 10.1 Å². The number of ether oxygens (including phenoxy) is 1. The Kier molecular flexibility index (Phi) is 5.15. The molecule has 1 aromatic carbocycles. The Labute approximate surface area is 132 Å². The first-order valence-electron chi connectivity index (χ1n) is 7.30. The highest BCUT2D eigenvalue weighted by Crippen LogP contribution is 2.33. The van der Waals surface area contributed by atoms with Crippen LogP contribution >= 0.6 is 0 Å². The summed E-state index contributed by atoms with van der Waals surface area (Å²) in [6.45, 7) is 0. The topological polar surface area (TPSA) is 119 Å². The number of nitrogens with zero attached hydrogens (tertiary/aromatic N) is 1. The van der Waals surface area contributed by atoms with Crippen LogP contribution in [-0.4, -0.2) is 29.0 Å². The molecule has 0 saturated heterocycles. The lowest BCUT2D eigenvalue weighted by atomic mass is 9.78. The number of anilines is 1. The molecule has 0 radical (unpaired) electrons. The number of amides is 1. The molecule has 8 nitrogen and oxygen atoms in total. The van der Waals surface area contributed by atoms with Crippen molar-refractivity contribution in [2.75, 3.05) is 12.4 Å². The van der Waals surface area contributed by atoms with E-state index in [0.717, 1.165) is 12.8 Å². The number of nitrogens with one attached hydrogen (secondary N) is 1. The molecule has 1 aromatic rings. The number of carboxylic acids is 1. The Hall–Kier alpha value is -2.64. The molecule has 1 amide bonds. The van der Waals surface area contributed by atoms with E-state index >= 15 is 0 Å². The molecule has 124 valence electrons. The van der Waals surface area contributed by atoms with E-state index in [9.17, 15) is 24.8 Å². The molecule has 1 fully saturated rings. The largest absolute Gasteiger partial charge is 0.494 e. The highest BCUT2D eigenvalue weighted by Gasteiger charge is 2.36. The molecule has 1 aliphatic carbocycles. The first-order valence-corrected chi connectivity index (χ1v) is 7.30. The van der Waals surface area contributed by atoms with Crippen molar-refractivity contribution in [2.24, 2.45) is 11.8 Å². The third kappa shape index (κ3) is 3.77. The smallest absolute Gasteiger partial charge is 0.307 e. The number of carboxylic acid groups (broad SMARTS) is 1. The number of methoxy groups -OCH3 is 1. The van der Waals surface area contributed by atoms with E-state index in [1.807, 2.05) is 0 Å². The summed E-state index contributed by atoms with van der Waals surface area (Å²) >= 11 is 0. The molecule has 1 saturated carbocycles. The number of hydrogen-bond acceptors (Lipinski definition) is 5. The third-order valence-corrected chi connectivity index (χ3v) is 4.07. The van der Waals surface area contributed by atoms with Crippen LogP contribution in [-0.2, 0) is 9.59 Å². The Morgan fingerprint density at radius 1 is 1.30 bits per heavy atom. The zero-order valence-corrected chi connectivity index (χ0v) is 12.7. The quantitative estimate of drug-likeness (QED) is 0.635. The zero-order valence-electron chi connectivity index (χ0n) is 12.7. The summed E-state index contributed by atoms with van der Waals surface area (Å²) in [5.41, 5.74) is 0.138. The first kappa shape index (κ1) is 16.7. The molecule has 2 rings (SSSR count). The second-order valence-corrected chi connectivity index (χ2v) is 5.47. The van der Waals surface area contributed by atoms with E-state index in [2.05, 4.69) is 5.32 Å². The van der Waals surface area contributed by atoms with Gasteiger partial charge in [0.25, 0.3) is 5.69 Å². The summed E-state index contributed by atoms with van der Waals surface area (Å²) < 4.78 is 5.06. The minimum atomic E-state index is -0.972. The van der Waals surface area contributed by atoms with Gasteiger partial charge in [0.05, 0.1) is 35.6 Å². The van der Waals surface area contributed by atoms with Crippen LogP contribution in [0.4, 0.5) is 11.4 Å². The van der Waals surface area contributed by atoms with Gasteiger partial charge in [-0.1, -0.05) is 12.8 Å². The van der Waals surface area contributed by atoms with E-state index in [0.29, 0.717) is 12.8 Å². The van der Waals surface area contributed by atoms with Crippen molar-refractivity contribution >= 4 is 23.3 Å². The average molecular weight is 322 g/mol. The molecule has 8 heteroatoms. The van der Waals surface area contributed by atoms with Crippen LogP contribution in [0.2, 0.25) is 0 Å². The van der Waals surface area contributed by atoms with Gasteiger partial charge in [-0.25, -0.2) is 0 Å². The minimum Gasteiger partial charge on any atom is -0.494 e. The van der Waals surface area contributed by atoms with Gasteiger partial charge in [0.2, 0.25) is 5.91 Å². The molecule has 0 heterocycles. The highest BCUT2D eigenvalue weighted by atomic mass is 16.6. The molecule has 23 heavy (non-hydrogen) atoms. The minimum absolute atomic E-state index is 0.152. The number of hydrogen-bond donors (Lipinski definition) is 2. The van der Waals surface area contributed by atoms with Crippen LogP contribution in [0.15, 0.2) is 18.2 Å². The lowest BCUT2D eigenvalue weighted by molar-refractivity contribution is -0.384. The number of carbonyl (C=O) groups is 2. The summed E-state index contributed by atoms with van der Waals surface area (Å²) in [7, 11) is 1.34. The number of carbonyl (C=O) groups excluding carboxylic acids is 1. The van der Waals surface area contributed by atoms with Gasteiger partial charge in [-0.05, 0) is 18.9 Å². The Morgan fingerprint density at radius 3 is 2.52 bits per heavy atom. The summed E-state index contributed by atoms with van der Waals surface area (Å²) in [4.78, 5) is 33.9. The number of nitro benzene ring substituents is 1. The predicted octanol–water partition coefficient (Wildman–Crippen LogP) is 2.43. The van der Waals surface area contributed by atoms with E-state index < -0.39 is 28.6 Å². The van der Waals surface area contributed by atoms with Crippen LogP contribution in [0, 0.1) is 22.0 Å². The monoisotopic (exact) mass is 322 g/mol. The van der Waals surface area contributed by atoms with Crippen LogP contribution in [0.1, 0.15) is 25.7 Å². The third-order valence-electron chi connectivity index (χ3n) is 4.07. The maximum atomic E-state index is 12.4. The van der Waals surface area contributed by atoms with Crippen molar-refractivity contribution in [1.82, 2.24) is 0 Å². The average Bonchev–Trinajstić information content (AvgIpc) is 2.54. The van der Waals surface area contributed by atoms with Gasteiger partial charge in [0, 0.05) is 6.07 Å². The fourth-order valence-corrected chi connectivity index (χ4v) is 2.86. The number of rotatable bonds is 5. The Balaban J connectivity index is 2.19. The van der Waals surface area contributed by atoms with Crippen molar-refractivity contribution in [2.45, 2.75) is 25.7 Å². The van der Waals surface area contributed by atoms with Crippen LogP contribution in [0.5, 0.6) is 5.75 Å². The highest BCUT2D eigenvalue weighted by molar-refractivity contribution is 5.96. The van der Waals surface area contributed by atoms with Crippen molar-refractivity contribution in [3.05, 3.63) is 28.3 Å². The second-order valence-electron chi connectivity index (χ2n) is 5.47. The molecular formula is C15H18N2O6. The molecular weight excluding hydrogens is 304 g/mol. The Bertz CT molecular complexity index is 630. The van der Waals surface area contributed by atoms with Gasteiger partial charge in [-0.15, -0.1) is 0 Å². The predicted molar refractivity (Wildman–Crippen MR) is 81.4 cm³/mol. The number of benzene rings is 1. The van der Waals surface area contributed by atoms with Gasteiger partial charge >= 0.3 is 5.97 Å². The molecule has 2 unspecified atom stereocenters. The SMILES string of the molecule is COc1cc([N+](=O)[O-])ccc1NC(=O)C1CCCCC1C(=O)O. The van der Waals surface area contributed by atoms with Gasteiger partial charge < -0.3 is 15.2 Å². The fraction of sp³-hybridized carbons (Fsp3) is 0.467. The Morgan fingerprint density at radius 2 is 1.96 bits per heavy atom. The molecule has 2 atom stereocenters. The first-order chi connectivity index (χ1) is 10.9. The normalized spacial score (nSPS) is 20.6. The summed E-state index contributed by atoms with van der Waals surface area (Å²) in [6.07, 6.45) is 2.59. The number of nitro groups is 1. The van der Waals surface area contributed by atoms with E-state index in [1.54, 1.807) is 0 Å². The summed E-state index contributed by atoms with van der Waals surface area (Å²) in [5, 5.41) is 22.6. The second kappa shape index (κ2) is 7.08. The molecule has 0 aliphatic heterocycles. The van der Waals surface area contributed by atoms with Gasteiger partial charge in [0.1, 0.15) is 5.75 Å². The molecule has 0 bridgehead atoms.